The van der Waals surface area contributed by atoms with E-state index in [0.29, 0.717) is 22.5 Å². The molecule has 10 heteroatoms. The number of phenols is 1. The molecular weight excluding hydrogens is 807 g/mol. The van der Waals surface area contributed by atoms with Crippen LogP contribution in [0.3, 0.4) is 0 Å². The number of imidazole rings is 1. The molecule has 1 N–H and O–H groups in total. The number of aromatic hydroxyl groups is 1. The predicted molar refractivity (Wildman–Crippen MR) is 262 cm³/mol. The molecule has 6 aromatic carbocycles. The SMILES string of the molecule is CC(C)(C)c1cc(-c2nc3c(-c4cc(-c5cc(-c6ccccc6)ccn5)cc5c4oc4nnnn45)cccc3n2-c2ccc([Si](C)(C)C)cc2-c2ccccc2)c(O)c(C(C)(C)C)c1. The molecule has 64 heavy (non-hydrogen) atoms. The first-order chi connectivity index (χ1) is 30.5. The van der Waals surface area contributed by atoms with Crippen molar-refractivity contribution < 1.29 is 9.52 Å². The van der Waals surface area contributed by atoms with Gasteiger partial charge in [-0.15, -0.1) is 0 Å². The van der Waals surface area contributed by atoms with E-state index in [9.17, 15) is 5.11 Å². The maximum Gasteiger partial charge on any atom is 0.346 e. The molecule has 4 heterocycles. The number of aromatic nitrogens is 7. The van der Waals surface area contributed by atoms with Crippen molar-refractivity contribution in [3.05, 3.63) is 151 Å². The summed E-state index contributed by atoms with van der Waals surface area (Å²) < 4.78 is 10.4. The summed E-state index contributed by atoms with van der Waals surface area (Å²) in [5, 5.41) is 26.4. The van der Waals surface area contributed by atoms with Crippen molar-refractivity contribution in [1.82, 2.24) is 34.6 Å². The molecule has 9 nitrogen and oxygen atoms in total. The Hall–Kier alpha value is -7.17. The molecule has 0 fully saturated rings. The number of nitrogens with zero attached hydrogens (tertiary/aromatic N) is 7. The number of fused-ring (bicyclic) bond motifs is 4. The molecule has 318 valence electrons. The Kier molecular flexibility index (Phi) is 9.57. The molecule has 0 amide bonds. The summed E-state index contributed by atoms with van der Waals surface area (Å²) >= 11 is 0. The van der Waals surface area contributed by atoms with Gasteiger partial charge in [0.05, 0.1) is 36.1 Å². The van der Waals surface area contributed by atoms with Crippen LogP contribution >= 0.6 is 0 Å². The predicted octanol–water partition coefficient (Wildman–Crippen LogP) is 12.8. The summed E-state index contributed by atoms with van der Waals surface area (Å²) in [4.78, 5) is 10.5. The molecule has 4 aromatic heterocycles. The first kappa shape index (κ1) is 40.9. The molecule has 0 saturated carbocycles. The molecule has 10 rings (SSSR count). The Bertz CT molecular complexity index is 3400. The van der Waals surface area contributed by atoms with Gasteiger partial charge in [0.2, 0.25) is 0 Å². The normalized spacial score (nSPS) is 12.5. The molecule has 0 atom stereocenters. The molecule has 0 spiro atoms. The van der Waals surface area contributed by atoms with Crippen molar-refractivity contribution in [2.24, 2.45) is 0 Å². The first-order valence-corrected chi connectivity index (χ1v) is 25.3. The third-order valence-corrected chi connectivity index (χ3v) is 14.3. The zero-order chi connectivity index (χ0) is 44.7. The number of hydrogen-bond acceptors (Lipinski definition) is 7. The largest absolute Gasteiger partial charge is 0.507 e. The van der Waals surface area contributed by atoms with E-state index < -0.39 is 8.07 Å². The highest BCUT2D eigenvalue weighted by molar-refractivity contribution is 6.88. The Morgan fingerprint density at radius 2 is 1.34 bits per heavy atom. The van der Waals surface area contributed by atoms with Crippen molar-refractivity contribution in [2.75, 3.05) is 0 Å². The molecule has 10 aromatic rings. The maximum absolute atomic E-state index is 12.6. The summed E-state index contributed by atoms with van der Waals surface area (Å²) in [7, 11) is -1.74. The van der Waals surface area contributed by atoms with Crippen molar-refractivity contribution in [1.29, 1.82) is 0 Å². The molecule has 0 aliphatic carbocycles. The fraction of sp³-hybridized carbons (Fsp3) is 0.204. The van der Waals surface area contributed by atoms with Crippen molar-refractivity contribution >= 4 is 41.2 Å². The maximum atomic E-state index is 12.6. The van der Waals surface area contributed by atoms with E-state index in [1.54, 1.807) is 4.52 Å². The van der Waals surface area contributed by atoms with Crippen LogP contribution in [0.1, 0.15) is 52.7 Å². The second kappa shape index (κ2) is 15.0. The van der Waals surface area contributed by atoms with Crippen LogP contribution in [-0.2, 0) is 10.8 Å². The van der Waals surface area contributed by atoms with Gasteiger partial charge in [0.1, 0.15) is 17.1 Å². The first-order valence-electron chi connectivity index (χ1n) is 21.8. The molecule has 0 aliphatic rings. The van der Waals surface area contributed by atoms with Gasteiger partial charge >= 0.3 is 5.84 Å². The minimum absolute atomic E-state index is 0.212. The second-order valence-electron chi connectivity index (χ2n) is 19.9. The van der Waals surface area contributed by atoms with Crippen molar-refractivity contribution in [3.63, 3.8) is 0 Å². The van der Waals surface area contributed by atoms with Gasteiger partial charge in [-0.25, -0.2) is 4.98 Å². The molecular formula is C54H51N7O2Si. The number of rotatable bonds is 7. The van der Waals surface area contributed by atoms with Crippen LogP contribution < -0.4 is 5.19 Å². The zero-order valence-corrected chi connectivity index (χ0v) is 38.8. The van der Waals surface area contributed by atoms with Gasteiger partial charge in [-0.2, -0.15) is 4.52 Å². The number of oxazole rings is 1. The van der Waals surface area contributed by atoms with Gasteiger partial charge < -0.3 is 9.52 Å². The van der Waals surface area contributed by atoms with Gasteiger partial charge in [-0.1, -0.05) is 162 Å². The number of hydrogen-bond donors (Lipinski definition) is 1. The lowest BCUT2D eigenvalue weighted by Crippen LogP contribution is -2.37. The van der Waals surface area contributed by atoms with Crippen LogP contribution in [0.25, 0.3) is 89.7 Å². The average molecular weight is 858 g/mol. The minimum Gasteiger partial charge on any atom is -0.507 e. The third kappa shape index (κ3) is 7.08. The number of benzene rings is 6. The standard InChI is InChI=1S/C54H51N7O2Si/c1-53(2,3)37-30-42(49(62)43(31-37)54(4,5)6)51-56-48-39(21-16-22-46(48)60(51)45-24-23-38(64(7,8)9)32-40(45)34-19-14-11-15-20-34)41-27-36(29-47-50(41)63-52-57-58-59-61(47)52)44-28-35(25-26-55-44)33-17-12-10-13-18-33/h10-32,62H,1-9H3. The smallest absolute Gasteiger partial charge is 0.346 e. The molecule has 0 unspecified atom stereocenters. The highest BCUT2D eigenvalue weighted by atomic mass is 28.3. The van der Waals surface area contributed by atoms with Crippen LogP contribution in [0.2, 0.25) is 19.6 Å². The van der Waals surface area contributed by atoms with E-state index in [1.807, 2.05) is 36.5 Å². The van der Waals surface area contributed by atoms with Gasteiger partial charge in [0, 0.05) is 34.0 Å². The fourth-order valence-electron chi connectivity index (χ4n) is 8.71. The lowest BCUT2D eigenvalue weighted by atomic mass is 9.79. The fourth-order valence-corrected chi connectivity index (χ4v) is 9.87. The molecule has 0 aliphatic heterocycles. The van der Waals surface area contributed by atoms with E-state index in [1.165, 1.54) is 5.19 Å². The van der Waals surface area contributed by atoms with E-state index in [2.05, 4.69) is 184 Å². The van der Waals surface area contributed by atoms with Gasteiger partial charge in [-0.3, -0.25) is 9.55 Å². The second-order valence-corrected chi connectivity index (χ2v) is 24.9. The summed E-state index contributed by atoms with van der Waals surface area (Å²) in [5.41, 5.74) is 13.6. The molecule has 0 bridgehead atoms. The monoisotopic (exact) mass is 857 g/mol. The topological polar surface area (TPSA) is 107 Å². The minimum atomic E-state index is -1.74. The summed E-state index contributed by atoms with van der Waals surface area (Å²) in [6.45, 7) is 20.2. The van der Waals surface area contributed by atoms with Crippen LogP contribution in [0, 0.1) is 0 Å². The molecule has 0 saturated heterocycles. The van der Waals surface area contributed by atoms with E-state index in [4.69, 9.17) is 14.4 Å². The highest BCUT2D eigenvalue weighted by Crippen LogP contribution is 2.46. The van der Waals surface area contributed by atoms with E-state index in [-0.39, 0.29) is 22.4 Å². The van der Waals surface area contributed by atoms with Gasteiger partial charge in [0.15, 0.2) is 5.58 Å². The summed E-state index contributed by atoms with van der Waals surface area (Å²) in [6, 6.07) is 46.6. The highest BCUT2D eigenvalue weighted by Gasteiger charge is 2.30. The Balaban J connectivity index is 1.31. The number of phenolic OH excluding ortho intramolecular Hbond substituents is 1. The Morgan fingerprint density at radius 3 is 2.05 bits per heavy atom. The lowest BCUT2D eigenvalue weighted by molar-refractivity contribution is 0.446. The molecule has 0 radical (unpaired) electrons. The summed E-state index contributed by atoms with van der Waals surface area (Å²) in [5.74, 6) is 1.14. The van der Waals surface area contributed by atoms with Crippen LogP contribution in [0.5, 0.6) is 5.75 Å². The summed E-state index contributed by atoms with van der Waals surface area (Å²) in [6.07, 6.45) is 1.85. The Labute approximate surface area is 374 Å². The van der Waals surface area contributed by atoms with Crippen molar-refractivity contribution in [2.45, 2.75) is 72.0 Å². The van der Waals surface area contributed by atoms with Crippen LogP contribution in [-0.4, -0.2) is 47.8 Å². The number of para-hydroxylation sites is 1. The van der Waals surface area contributed by atoms with Gasteiger partial charge in [-0.05, 0) is 86.0 Å². The third-order valence-electron chi connectivity index (χ3n) is 12.3. The quantitative estimate of drug-likeness (QED) is 0.159. The van der Waals surface area contributed by atoms with Crippen LogP contribution in [0.4, 0.5) is 0 Å². The van der Waals surface area contributed by atoms with Gasteiger partial charge in [0.25, 0.3) is 0 Å². The van der Waals surface area contributed by atoms with Crippen molar-refractivity contribution in [3.8, 4) is 67.5 Å². The number of tetrazole rings is 1. The zero-order valence-electron chi connectivity index (χ0n) is 37.8. The number of pyridine rings is 1. The van der Waals surface area contributed by atoms with Crippen LogP contribution in [0.15, 0.2) is 144 Å². The van der Waals surface area contributed by atoms with E-state index >= 15 is 0 Å². The van der Waals surface area contributed by atoms with E-state index in [0.717, 1.165) is 72.5 Å². The average Bonchev–Trinajstić information content (AvgIpc) is 4.00. The Morgan fingerprint density at radius 1 is 0.609 bits per heavy atom. The lowest BCUT2D eigenvalue weighted by Gasteiger charge is -2.28.